The van der Waals surface area contributed by atoms with Gasteiger partial charge in [0.05, 0.1) is 5.56 Å². The number of rotatable bonds is 6. The maximum Gasteiger partial charge on any atom is 0.259 e. The van der Waals surface area contributed by atoms with Gasteiger partial charge in [-0.2, -0.15) is 0 Å². The first-order chi connectivity index (χ1) is 9.29. The molecule has 0 aliphatic carbocycles. The van der Waals surface area contributed by atoms with Gasteiger partial charge in [0, 0.05) is 18.1 Å². The summed E-state index contributed by atoms with van der Waals surface area (Å²) in [5.41, 5.74) is 0.512. The Morgan fingerprint density at radius 2 is 2.37 bits per heavy atom. The van der Waals surface area contributed by atoms with Crippen molar-refractivity contribution < 1.29 is 4.79 Å². The Morgan fingerprint density at radius 3 is 3.11 bits per heavy atom. The molecule has 0 bridgehead atoms. The summed E-state index contributed by atoms with van der Waals surface area (Å²) in [5.74, 6) is 0.816. The van der Waals surface area contributed by atoms with Gasteiger partial charge in [0.15, 0.2) is 4.34 Å². The van der Waals surface area contributed by atoms with Gasteiger partial charge in [-0.1, -0.05) is 36.4 Å². The zero-order valence-corrected chi connectivity index (χ0v) is 12.1. The van der Waals surface area contributed by atoms with Gasteiger partial charge in [-0.05, 0) is 18.6 Å². The van der Waals surface area contributed by atoms with Crippen molar-refractivity contribution in [2.75, 3.05) is 11.1 Å². The lowest BCUT2D eigenvalue weighted by Crippen LogP contribution is -2.11. The van der Waals surface area contributed by atoms with Crippen LogP contribution in [0.4, 0.5) is 5.13 Å². The Bertz CT molecular complexity index is 530. The van der Waals surface area contributed by atoms with Gasteiger partial charge in [0.1, 0.15) is 0 Å². The number of carbonyl (C=O) groups excluding carboxylic acids is 1. The highest BCUT2D eigenvalue weighted by Crippen LogP contribution is 2.26. The number of hydrogen-bond acceptors (Lipinski definition) is 6. The number of amides is 1. The summed E-state index contributed by atoms with van der Waals surface area (Å²) in [6.45, 7) is 2.15. The molecule has 0 spiro atoms. The number of carbonyl (C=O) groups is 1. The summed E-state index contributed by atoms with van der Waals surface area (Å²) in [6, 6.07) is 3.43. The first-order valence-corrected chi connectivity index (χ1v) is 7.77. The minimum Gasteiger partial charge on any atom is -0.296 e. The van der Waals surface area contributed by atoms with Crippen LogP contribution in [0.5, 0.6) is 0 Å². The molecule has 2 aromatic heterocycles. The molecule has 0 aromatic carbocycles. The Morgan fingerprint density at radius 1 is 1.47 bits per heavy atom. The molecule has 2 heterocycles. The quantitative estimate of drug-likeness (QED) is 0.504. The van der Waals surface area contributed by atoms with Crippen LogP contribution in [0.2, 0.25) is 0 Å². The van der Waals surface area contributed by atoms with E-state index >= 15 is 0 Å². The van der Waals surface area contributed by atoms with Crippen molar-refractivity contribution in [1.82, 2.24) is 15.2 Å². The van der Waals surface area contributed by atoms with Gasteiger partial charge in [0.25, 0.3) is 5.91 Å². The van der Waals surface area contributed by atoms with E-state index in [1.54, 1.807) is 30.1 Å². The van der Waals surface area contributed by atoms with Gasteiger partial charge >= 0.3 is 0 Å². The smallest absolute Gasteiger partial charge is 0.259 e. The van der Waals surface area contributed by atoms with E-state index in [0.717, 1.165) is 22.9 Å². The van der Waals surface area contributed by atoms with E-state index < -0.39 is 0 Å². The van der Waals surface area contributed by atoms with Gasteiger partial charge in [-0.3, -0.25) is 15.1 Å². The predicted octanol–water partition coefficient (Wildman–Crippen LogP) is 3.08. The van der Waals surface area contributed by atoms with Crippen molar-refractivity contribution in [2.45, 2.75) is 24.1 Å². The highest BCUT2D eigenvalue weighted by atomic mass is 32.2. The van der Waals surface area contributed by atoms with E-state index in [-0.39, 0.29) is 5.91 Å². The molecule has 0 aliphatic heterocycles. The fraction of sp³-hybridized carbons (Fsp3) is 0.333. The Labute approximate surface area is 119 Å². The summed E-state index contributed by atoms with van der Waals surface area (Å²) >= 11 is 3.06. The maximum atomic E-state index is 11.9. The normalized spacial score (nSPS) is 10.4. The van der Waals surface area contributed by atoms with Crippen LogP contribution in [0.25, 0.3) is 0 Å². The van der Waals surface area contributed by atoms with Crippen molar-refractivity contribution in [3.63, 3.8) is 0 Å². The van der Waals surface area contributed by atoms with E-state index in [0.29, 0.717) is 10.7 Å². The molecule has 5 nitrogen and oxygen atoms in total. The van der Waals surface area contributed by atoms with Gasteiger partial charge in [-0.25, -0.2) is 0 Å². The Kier molecular flexibility index (Phi) is 5.29. The minimum absolute atomic E-state index is 0.214. The third-order valence-corrected chi connectivity index (χ3v) is 4.33. The Balaban J connectivity index is 1.91. The van der Waals surface area contributed by atoms with Crippen molar-refractivity contribution >= 4 is 34.1 Å². The average Bonchev–Trinajstić information content (AvgIpc) is 2.88. The first kappa shape index (κ1) is 14.0. The largest absolute Gasteiger partial charge is 0.296 e. The molecule has 1 amide bonds. The van der Waals surface area contributed by atoms with Crippen LogP contribution < -0.4 is 5.32 Å². The summed E-state index contributed by atoms with van der Waals surface area (Å²) in [7, 11) is 0. The molecule has 0 saturated heterocycles. The summed E-state index contributed by atoms with van der Waals surface area (Å²) in [6.07, 6.45) is 5.47. The number of nitrogens with one attached hydrogen (secondary N) is 1. The number of nitrogens with zero attached hydrogens (tertiary/aromatic N) is 3. The molecule has 0 saturated carbocycles. The topological polar surface area (TPSA) is 67.8 Å². The van der Waals surface area contributed by atoms with Crippen LogP contribution in [0.3, 0.4) is 0 Å². The van der Waals surface area contributed by atoms with Crippen LogP contribution in [-0.2, 0) is 0 Å². The van der Waals surface area contributed by atoms with Gasteiger partial charge < -0.3 is 0 Å². The van der Waals surface area contributed by atoms with E-state index in [1.165, 1.54) is 17.5 Å². The molecule has 0 aliphatic rings. The highest BCUT2D eigenvalue weighted by Gasteiger charge is 2.10. The van der Waals surface area contributed by atoms with E-state index in [9.17, 15) is 4.79 Å². The fourth-order valence-electron chi connectivity index (χ4n) is 1.29. The summed E-state index contributed by atoms with van der Waals surface area (Å²) in [4.78, 5) is 15.8. The molecule has 0 radical (unpaired) electrons. The average molecular weight is 294 g/mol. The molecule has 2 aromatic rings. The summed E-state index contributed by atoms with van der Waals surface area (Å²) in [5, 5.41) is 11.2. The zero-order valence-electron chi connectivity index (χ0n) is 10.5. The predicted molar refractivity (Wildman–Crippen MR) is 77.7 cm³/mol. The highest BCUT2D eigenvalue weighted by molar-refractivity contribution is 8.01. The lowest BCUT2D eigenvalue weighted by atomic mass is 10.3. The molecule has 0 unspecified atom stereocenters. The molecule has 19 heavy (non-hydrogen) atoms. The SMILES string of the molecule is CCCCSc1nnc(NC(=O)c2cccnc2)s1. The van der Waals surface area contributed by atoms with Crippen LogP contribution in [0.1, 0.15) is 30.1 Å². The molecular formula is C12H14N4OS2. The van der Waals surface area contributed by atoms with Crippen LogP contribution >= 0.6 is 23.1 Å². The number of pyridine rings is 1. The number of unbranched alkanes of at least 4 members (excludes halogenated alkanes) is 1. The van der Waals surface area contributed by atoms with Crippen molar-refractivity contribution in [2.24, 2.45) is 0 Å². The molecule has 1 N–H and O–H groups in total. The van der Waals surface area contributed by atoms with E-state index in [1.807, 2.05) is 0 Å². The van der Waals surface area contributed by atoms with Crippen molar-refractivity contribution in [3.05, 3.63) is 30.1 Å². The molecule has 2 rings (SSSR count). The van der Waals surface area contributed by atoms with Crippen LogP contribution in [0.15, 0.2) is 28.9 Å². The Hall–Kier alpha value is -1.47. The number of hydrogen-bond donors (Lipinski definition) is 1. The summed E-state index contributed by atoms with van der Waals surface area (Å²) < 4.78 is 0.884. The van der Waals surface area contributed by atoms with Gasteiger partial charge in [-0.15, -0.1) is 10.2 Å². The molecular weight excluding hydrogens is 280 g/mol. The number of aromatic nitrogens is 3. The molecule has 0 fully saturated rings. The number of thioether (sulfide) groups is 1. The molecule has 100 valence electrons. The fourth-order valence-corrected chi connectivity index (χ4v) is 3.19. The molecule has 7 heteroatoms. The third kappa shape index (κ3) is 4.29. The lowest BCUT2D eigenvalue weighted by Gasteiger charge is -1.99. The van der Waals surface area contributed by atoms with E-state index in [2.05, 4.69) is 27.4 Å². The van der Waals surface area contributed by atoms with E-state index in [4.69, 9.17) is 0 Å². The minimum atomic E-state index is -0.214. The second-order valence-electron chi connectivity index (χ2n) is 3.77. The van der Waals surface area contributed by atoms with Crippen LogP contribution in [0, 0.1) is 0 Å². The van der Waals surface area contributed by atoms with Gasteiger partial charge in [0.2, 0.25) is 5.13 Å². The maximum absolute atomic E-state index is 11.9. The van der Waals surface area contributed by atoms with Crippen LogP contribution in [-0.4, -0.2) is 26.8 Å². The monoisotopic (exact) mass is 294 g/mol. The zero-order chi connectivity index (χ0) is 13.5. The third-order valence-electron chi connectivity index (χ3n) is 2.27. The standard InChI is InChI=1S/C12H14N4OS2/c1-2-3-7-18-12-16-15-11(19-12)14-10(17)9-5-4-6-13-8-9/h4-6,8H,2-3,7H2,1H3,(H,14,15,17). The second-order valence-corrected chi connectivity index (χ2v) is 6.09. The second kappa shape index (κ2) is 7.20. The van der Waals surface area contributed by atoms with Crippen molar-refractivity contribution in [1.29, 1.82) is 0 Å². The first-order valence-electron chi connectivity index (χ1n) is 5.97. The molecule has 0 atom stereocenters. The number of anilines is 1. The lowest BCUT2D eigenvalue weighted by molar-refractivity contribution is 0.102. The van der Waals surface area contributed by atoms with Crippen molar-refractivity contribution in [3.8, 4) is 0 Å².